The van der Waals surface area contributed by atoms with Crippen LogP contribution in [-0.4, -0.2) is 24.7 Å². The summed E-state index contributed by atoms with van der Waals surface area (Å²) in [5.74, 6) is 0.874. The lowest BCUT2D eigenvalue weighted by molar-refractivity contribution is -0.452. The summed E-state index contributed by atoms with van der Waals surface area (Å²) < 4.78 is 46.7. The van der Waals surface area contributed by atoms with E-state index in [0.717, 1.165) is 17.9 Å². The van der Waals surface area contributed by atoms with E-state index in [1.807, 2.05) is 12.1 Å². The molecule has 0 aromatic heterocycles. The van der Waals surface area contributed by atoms with Crippen LogP contribution in [0.25, 0.3) is 16.8 Å². The maximum atomic E-state index is 9.75. The van der Waals surface area contributed by atoms with E-state index in [2.05, 4.69) is 95.6 Å². The smallest absolute Gasteiger partial charge is 0.497 e. The highest BCUT2D eigenvalue weighted by molar-refractivity contribution is 6.50. The van der Waals surface area contributed by atoms with Crippen LogP contribution in [0, 0.1) is 0 Å². The highest BCUT2D eigenvalue weighted by atomic mass is 19.5. The third-order valence-electron chi connectivity index (χ3n) is 5.47. The molecule has 0 N–H and O–H groups in total. The van der Waals surface area contributed by atoms with Crippen LogP contribution in [0.3, 0.4) is 0 Å². The van der Waals surface area contributed by atoms with Gasteiger partial charge in [0, 0.05) is 17.7 Å². The average Bonchev–Trinajstić information content (AvgIpc) is 3.12. The topological polar surface area (TPSA) is 12.2 Å². The minimum Gasteiger partial charge on any atom is -0.497 e. The molecule has 7 heteroatoms. The molecule has 1 aliphatic heterocycles. The van der Waals surface area contributed by atoms with Gasteiger partial charge in [0.05, 0.1) is 18.1 Å². The SMILES string of the molecule is COc1ccc(/C=C/C2=[N+](Cc3ccccc3)c3cccc4cccc2c34)cc1.F[B-](F)(F)F. The Bertz CT molecular complexity index is 1340. The fourth-order valence-electron chi connectivity index (χ4n) is 4.04. The second-order valence-corrected chi connectivity index (χ2v) is 7.74. The molecule has 0 unspecified atom stereocenters. The van der Waals surface area contributed by atoms with Gasteiger partial charge < -0.3 is 22.0 Å². The van der Waals surface area contributed by atoms with Gasteiger partial charge in [-0.15, -0.1) is 0 Å². The van der Waals surface area contributed by atoms with Gasteiger partial charge in [0.25, 0.3) is 0 Å². The number of nitrogens with zero attached hydrogens (tertiary/aromatic N) is 1. The predicted octanol–water partition coefficient (Wildman–Crippen LogP) is 7.51. The molecular formula is C27H22BF4NO. The van der Waals surface area contributed by atoms with Gasteiger partial charge in [-0.2, -0.15) is 4.58 Å². The van der Waals surface area contributed by atoms with E-state index in [1.54, 1.807) is 7.11 Å². The lowest BCUT2D eigenvalue weighted by Crippen LogP contribution is -2.11. The highest BCUT2D eigenvalue weighted by Gasteiger charge is 2.30. The Morgan fingerprint density at radius 1 is 0.765 bits per heavy atom. The molecule has 0 fully saturated rings. The number of hydrogen-bond acceptors (Lipinski definition) is 1. The summed E-state index contributed by atoms with van der Waals surface area (Å²) in [5.41, 5.74) is 6.25. The van der Waals surface area contributed by atoms with E-state index in [-0.39, 0.29) is 0 Å². The standard InChI is InChI=1S/C27H22NO.BF4/c1-29-23-16-13-20(14-17-23)15-18-25-24-11-5-9-22-10-6-12-26(27(22)24)28(25)19-21-7-3-2-4-8-21;2-1(3,4)5/h2-18H,19H2,1H3;/q+1;-1/b18-15+;. The Morgan fingerprint density at radius 3 is 2.06 bits per heavy atom. The maximum absolute atomic E-state index is 9.75. The predicted molar refractivity (Wildman–Crippen MR) is 130 cm³/mol. The Hall–Kier alpha value is -3.87. The lowest BCUT2D eigenvalue weighted by atomic mass is 10.0. The number of methoxy groups -OCH3 is 1. The average molecular weight is 463 g/mol. The van der Waals surface area contributed by atoms with Gasteiger partial charge in [-0.05, 0) is 35.2 Å². The summed E-state index contributed by atoms with van der Waals surface area (Å²) in [5, 5.41) is 2.62. The summed E-state index contributed by atoms with van der Waals surface area (Å²) in [6.07, 6.45) is 4.41. The van der Waals surface area contributed by atoms with E-state index >= 15 is 0 Å². The number of ether oxygens (including phenoxy) is 1. The summed E-state index contributed by atoms with van der Waals surface area (Å²) in [7, 11) is -4.31. The molecule has 4 aromatic rings. The molecule has 2 nitrogen and oxygen atoms in total. The van der Waals surface area contributed by atoms with Crippen molar-refractivity contribution in [3.63, 3.8) is 0 Å². The third kappa shape index (κ3) is 5.54. The minimum atomic E-state index is -6.00. The summed E-state index contributed by atoms with van der Waals surface area (Å²) in [6.45, 7) is 0.844. The molecular weight excluding hydrogens is 441 g/mol. The van der Waals surface area contributed by atoms with Gasteiger partial charge in [0.1, 0.15) is 5.75 Å². The van der Waals surface area contributed by atoms with E-state index in [9.17, 15) is 17.3 Å². The molecule has 0 saturated heterocycles. The van der Waals surface area contributed by atoms with Gasteiger partial charge in [-0.3, -0.25) is 0 Å². The number of allylic oxidation sites excluding steroid dienone is 1. The van der Waals surface area contributed by atoms with E-state index in [1.165, 1.54) is 33.3 Å². The zero-order valence-corrected chi connectivity index (χ0v) is 18.5. The van der Waals surface area contributed by atoms with Crippen LogP contribution < -0.4 is 4.74 Å². The van der Waals surface area contributed by atoms with Gasteiger partial charge in [-0.1, -0.05) is 66.7 Å². The second kappa shape index (κ2) is 9.95. The van der Waals surface area contributed by atoms with Crippen LogP contribution in [0.1, 0.15) is 16.7 Å². The van der Waals surface area contributed by atoms with Crippen molar-refractivity contribution in [2.75, 3.05) is 7.11 Å². The van der Waals surface area contributed by atoms with E-state index in [0.29, 0.717) is 0 Å². The quantitative estimate of drug-likeness (QED) is 0.170. The normalized spacial score (nSPS) is 12.7. The molecule has 0 amide bonds. The Labute approximate surface area is 195 Å². The molecule has 0 atom stereocenters. The molecule has 172 valence electrons. The van der Waals surface area contributed by atoms with E-state index < -0.39 is 7.25 Å². The highest BCUT2D eigenvalue weighted by Crippen LogP contribution is 2.36. The van der Waals surface area contributed by atoms with Crippen LogP contribution >= 0.6 is 0 Å². The molecule has 0 aliphatic carbocycles. The third-order valence-corrected chi connectivity index (χ3v) is 5.47. The van der Waals surface area contributed by atoms with Crippen molar-refractivity contribution in [2.24, 2.45) is 0 Å². The first-order chi connectivity index (χ1) is 16.3. The summed E-state index contributed by atoms with van der Waals surface area (Å²) in [4.78, 5) is 0. The number of rotatable bonds is 5. The summed E-state index contributed by atoms with van der Waals surface area (Å²) >= 11 is 0. The first kappa shape index (κ1) is 23.3. The van der Waals surface area contributed by atoms with Crippen LogP contribution in [0.2, 0.25) is 0 Å². The zero-order chi connectivity index (χ0) is 24.1. The number of hydrogen-bond donors (Lipinski definition) is 0. The Balaban J connectivity index is 0.000000499. The second-order valence-electron chi connectivity index (χ2n) is 7.74. The van der Waals surface area contributed by atoms with Gasteiger partial charge in [0.15, 0.2) is 6.54 Å². The fourth-order valence-corrected chi connectivity index (χ4v) is 4.04. The Morgan fingerprint density at radius 2 is 1.41 bits per heavy atom. The van der Waals surface area contributed by atoms with Crippen LogP contribution in [0.4, 0.5) is 23.0 Å². The first-order valence-corrected chi connectivity index (χ1v) is 10.7. The monoisotopic (exact) mass is 463 g/mol. The molecule has 4 aromatic carbocycles. The van der Waals surface area contributed by atoms with Gasteiger partial charge >= 0.3 is 7.25 Å². The van der Waals surface area contributed by atoms with Crippen molar-refractivity contribution < 1.29 is 26.6 Å². The van der Waals surface area contributed by atoms with Gasteiger partial charge in [-0.25, -0.2) is 0 Å². The fraction of sp³-hybridized carbons (Fsp3) is 0.0741. The molecule has 0 saturated carbocycles. The van der Waals surface area contributed by atoms with Crippen LogP contribution in [0.15, 0.2) is 97.1 Å². The van der Waals surface area contributed by atoms with Crippen LogP contribution in [0.5, 0.6) is 5.75 Å². The van der Waals surface area contributed by atoms with Crippen molar-refractivity contribution in [1.29, 1.82) is 0 Å². The van der Waals surface area contributed by atoms with Crippen molar-refractivity contribution in [3.8, 4) is 5.75 Å². The molecule has 0 spiro atoms. The Kier molecular flexibility index (Phi) is 6.82. The van der Waals surface area contributed by atoms with Crippen molar-refractivity contribution >= 4 is 35.5 Å². The van der Waals surface area contributed by atoms with Crippen molar-refractivity contribution in [3.05, 3.63) is 114 Å². The molecule has 34 heavy (non-hydrogen) atoms. The minimum absolute atomic E-state index is 0.844. The largest absolute Gasteiger partial charge is 0.673 e. The molecule has 0 radical (unpaired) electrons. The van der Waals surface area contributed by atoms with Crippen molar-refractivity contribution in [2.45, 2.75) is 6.54 Å². The molecule has 0 bridgehead atoms. The number of halogens is 4. The van der Waals surface area contributed by atoms with Crippen LogP contribution in [-0.2, 0) is 6.54 Å². The lowest BCUT2D eigenvalue weighted by Gasteiger charge is -2.03. The molecule has 1 heterocycles. The van der Waals surface area contributed by atoms with Crippen molar-refractivity contribution in [1.82, 2.24) is 0 Å². The first-order valence-electron chi connectivity index (χ1n) is 10.7. The van der Waals surface area contributed by atoms with E-state index in [4.69, 9.17) is 4.74 Å². The maximum Gasteiger partial charge on any atom is 0.673 e. The zero-order valence-electron chi connectivity index (χ0n) is 18.5. The molecule has 1 aliphatic rings. The molecule has 5 rings (SSSR count). The van der Waals surface area contributed by atoms with Gasteiger partial charge in [0.2, 0.25) is 11.4 Å². The number of benzene rings is 4. The summed E-state index contributed by atoms with van der Waals surface area (Å²) in [6, 6.07) is 31.9.